The molecule has 1 aliphatic heterocycles. The van der Waals surface area contributed by atoms with Gasteiger partial charge in [-0.3, -0.25) is 19.2 Å². The first-order valence-electron chi connectivity index (χ1n) is 11.3. The molecule has 4 rings (SSSR count). The van der Waals surface area contributed by atoms with Gasteiger partial charge in [0, 0.05) is 46.3 Å². The topological polar surface area (TPSA) is 79.2 Å². The molecule has 2 aromatic heterocycles. The lowest BCUT2D eigenvalue weighted by Gasteiger charge is -2.35. The number of unbranched alkanes of at least 4 members (excludes halogenated alkanes) is 2. The maximum absolute atomic E-state index is 12.6. The fourth-order valence-corrected chi connectivity index (χ4v) is 4.30. The van der Waals surface area contributed by atoms with Crippen LogP contribution in [0.2, 0.25) is 0 Å². The largest absolute Gasteiger partial charge is 0.340 e. The van der Waals surface area contributed by atoms with Gasteiger partial charge >= 0.3 is 5.69 Å². The van der Waals surface area contributed by atoms with Gasteiger partial charge in [0.1, 0.15) is 0 Å². The molecular formula is C23H32N6O2. The molecule has 1 N–H and O–H groups in total. The van der Waals surface area contributed by atoms with Crippen LogP contribution in [-0.2, 0) is 20.0 Å². The molecule has 0 aliphatic carbocycles. The molecule has 1 fully saturated rings. The third kappa shape index (κ3) is 4.58. The maximum Gasteiger partial charge on any atom is 0.329 e. The molecule has 166 valence electrons. The molecule has 0 amide bonds. The number of piperazine rings is 1. The van der Waals surface area contributed by atoms with Crippen LogP contribution in [0.15, 0.2) is 39.9 Å². The van der Waals surface area contributed by atoms with Crippen molar-refractivity contribution in [1.29, 1.82) is 0 Å². The van der Waals surface area contributed by atoms with E-state index in [2.05, 4.69) is 52.0 Å². The van der Waals surface area contributed by atoms with E-state index in [-0.39, 0.29) is 5.56 Å². The van der Waals surface area contributed by atoms with Crippen molar-refractivity contribution in [2.75, 3.05) is 37.6 Å². The van der Waals surface area contributed by atoms with Gasteiger partial charge in [-0.25, -0.2) is 4.79 Å². The van der Waals surface area contributed by atoms with Crippen molar-refractivity contribution >= 4 is 17.1 Å². The van der Waals surface area contributed by atoms with Gasteiger partial charge in [-0.15, -0.1) is 0 Å². The number of aromatic amines is 1. The summed E-state index contributed by atoms with van der Waals surface area (Å²) < 4.78 is 3.45. The number of H-pyrrole nitrogens is 1. The normalized spacial score (nSPS) is 15.1. The Morgan fingerprint density at radius 1 is 1.00 bits per heavy atom. The zero-order chi connectivity index (χ0) is 21.8. The lowest BCUT2D eigenvalue weighted by atomic mass is 10.1. The third-order valence-corrected chi connectivity index (χ3v) is 6.19. The van der Waals surface area contributed by atoms with E-state index in [1.165, 1.54) is 10.1 Å². The molecule has 1 saturated heterocycles. The monoisotopic (exact) mass is 424 g/mol. The van der Waals surface area contributed by atoms with E-state index in [1.54, 1.807) is 7.05 Å². The van der Waals surface area contributed by atoms with Crippen molar-refractivity contribution in [3.05, 3.63) is 56.7 Å². The predicted molar refractivity (Wildman–Crippen MR) is 124 cm³/mol. The van der Waals surface area contributed by atoms with Crippen molar-refractivity contribution in [3.63, 3.8) is 0 Å². The highest BCUT2D eigenvalue weighted by molar-refractivity contribution is 5.74. The average Bonchev–Trinajstić information content (AvgIpc) is 3.17. The van der Waals surface area contributed by atoms with Crippen molar-refractivity contribution in [3.8, 4) is 0 Å². The number of anilines is 1. The van der Waals surface area contributed by atoms with E-state index >= 15 is 0 Å². The van der Waals surface area contributed by atoms with Gasteiger partial charge in [-0.05, 0) is 18.4 Å². The van der Waals surface area contributed by atoms with Crippen molar-refractivity contribution in [1.82, 2.24) is 24.0 Å². The second-order valence-corrected chi connectivity index (χ2v) is 8.33. The minimum absolute atomic E-state index is 0.352. The molecule has 0 unspecified atom stereocenters. The number of hydrogen-bond acceptors (Lipinski definition) is 5. The summed E-state index contributed by atoms with van der Waals surface area (Å²) in [4.78, 5) is 36.6. The second kappa shape index (κ2) is 9.51. The average molecular weight is 425 g/mol. The third-order valence-electron chi connectivity index (χ3n) is 6.19. The van der Waals surface area contributed by atoms with E-state index in [1.807, 2.05) is 4.57 Å². The van der Waals surface area contributed by atoms with Crippen molar-refractivity contribution in [2.24, 2.45) is 7.05 Å². The number of aromatic nitrogens is 4. The highest BCUT2D eigenvalue weighted by Crippen LogP contribution is 2.22. The van der Waals surface area contributed by atoms with Crippen LogP contribution in [0.3, 0.4) is 0 Å². The molecule has 8 nitrogen and oxygen atoms in total. The van der Waals surface area contributed by atoms with Gasteiger partial charge in [-0.1, -0.05) is 50.1 Å². The van der Waals surface area contributed by atoms with Crippen LogP contribution >= 0.6 is 0 Å². The van der Waals surface area contributed by atoms with E-state index in [4.69, 9.17) is 4.98 Å². The van der Waals surface area contributed by atoms with Gasteiger partial charge in [0.15, 0.2) is 11.2 Å². The minimum atomic E-state index is -0.423. The summed E-state index contributed by atoms with van der Waals surface area (Å²) in [5.74, 6) is 0.806. The lowest BCUT2D eigenvalue weighted by Crippen LogP contribution is -2.47. The van der Waals surface area contributed by atoms with E-state index < -0.39 is 5.69 Å². The highest BCUT2D eigenvalue weighted by Gasteiger charge is 2.24. The van der Waals surface area contributed by atoms with Gasteiger partial charge in [-0.2, -0.15) is 4.98 Å². The summed E-state index contributed by atoms with van der Waals surface area (Å²) in [5, 5.41) is 0. The Bertz CT molecular complexity index is 1120. The van der Waals surface area contributed by atoms with Crippen LogP contribution in [0.1, 0.15) is 31.7 Å². The van der Waals surface area contributed by atoms with Gasteiger partial charge in [0.2, 0.25) is 5.95 Å². The summed E-state index contributed by atoms with van der Waals surface area (Å²) in [7, 11) is 1.66. The van der Waals surface area contributed by atoms with Crippen LogP contribution in [0.25, 0.3) is 11.2 Å². The van der Waals surface area contributed by atoms with Crippen LogP contribution in [0.5, 0.6) is 0 Å². The summed E-state index contributed by atoms with van der Waals surface area (Å²) in [6.07, 6.45) is 4.23. The number of nitrogens with one attached hydrogen (secondary N) is 1. The van der Waals surface area contributed by atoms with E-state index in [0.29, 0.717) is 11.2 Å². The molecule has 0 radical (unpaired) electrons. The molecule has 1 aromatic carbocycles. The number of nitrogens with zero attached hydrogens (tertiary/aromatic N) is 5. The molecule has 0 spiro atoms. The molecule has 0 bridgehead atoms. The van der Waals surface area contributed by atoms with E-state index in [0.717, 1.165) is 70.9 Å². The first-order chi connectivity index (χ1) is 15.1. The number of hydrogen-bond donors (Lipinski definition) is 1. The Hall–Kier alpha value is -2.87. The minimum Gasteiger partial charge on any atom is -0.340 e. The van der Waals surface area contributed by atoms with Gasteiger partial charge in [0.05, 0.1) is 0 Å². The number of aryl methyl sites for hydroxylation is 2. The summed E-state index contributed by atoms with van der Waals surface area (Å²) in [5.41, 5.74) is 1.55. The first-order valence-corrected chi connectivity index (χ1v) is 11.3. The number of imidazole rings is 1. The quantitative estimate of drug-likeness (QED) is 0.560. The molecule has 0 atom stereocenters. The number of rotatable bonds is 8. The summed E-state index contributed by atoms with van der Waals surface area (Å²) >= 11 is 0. The zero-order valence-electron chi connectivity index (χ0n) is 18.5. The first kappa shape index (κ1) is 21.4. The molecule has 1 aliphatic rings. The molecule has 8 heteroatoms. The lowest BCUT2D eigenvalue weighted by molar-refractivity contribution is 0.259. The fourth-order valence-electron chi connectivity index (χ4n) is 4.30. The van der Waals surface area contributed by atoms with Crippen LogP contribution in [-0.4, -0.2) is 56.7 Å². The van der Waals surface area contributed by atoms with Crippen LogP contribution in [0.4, 0.5) is 5.95 Å². The predicted octanol–water partition coefficient (Wildman–Crippen LogP) is 1.98. The SMILES string of the molecule is CCCCCn1c(N2CCN(CCc3ccccc3)CC2)nc2c1c(=O)[nH]c(=O)n2C. The van der Waals surface area contributed by atoms with Crippen molar-refractivity contribution < 1.29 is 0 Å². The molecule has 3 aromatic rings. The fraction of sp³-hybridized carbons (Fsp3) is 0.522. The standard InChI is InChI=1S/C23H32N6O2/c1-3-4-8-12-29-19-20(26(2)23(31)25-21(19)30)24-22(29)28-16-14-27(15-17-28)13-11-18-9-6-5-7-10-18/h5-7,9-10H,3-4,8,11-17H2,1-2H3,(H,25,30,31). The molecule has 0 saturated carbocycles. The number of benzene rings is 1. The highest BCUT2D eigenvalue weighted by atomic mass is 16.2. The Kier molecular flexibility index (Phi) is 6.56. The van der Waals surface area contributed by atoms with E-state index in [9.17, 15) is 9.59 Å². The smallest absolute Gasteiger partial charge is 0.329 e. The van der Waals surface area contributed by atoms with Crippen LogP contribution < -0.4 is 16.1 Å². The molecule has 31 heavy (non-hydrogen) atoms. The molecular weight excluding hydrogens is 392 g/mol. The van der Waals surface area contributed by atoms with Gasteiger partial charge < -0.3 is 9.47 Å². The maximum atomic E-state index is 12.6. The van der Waals surface area contributed by atoms with Crippen LogP contribution in [0, 0.1) is 0 Å². The Labute approximate surface area is 182 Å². The van der Waals surface area contributed by atoms with Crippen molar-refractivity contribution in [2.45, 2.75) is 39.2 Å². The molecule has 3 heterocycles. The summed E-state index contributed by atoms with van der Waals surface area (Å²) in [6.45, 7) is 7.57. The second-order valence-electron chi connectivity index (χ2n) is 8.33. The number of fused-ring (bicyclic) bond motifs is 1. The Morgan fingerprint density at radius 2 is 1.74 bits per heavy atom. The zero-order valence-corrected chi connectivity index (χ0v) is 18.5. The Balaban J connectivity index is 1.53. The van der Waals surface area contributed by atoms with Gasteiger partial charge in [0.25, 0.3) is 5.56 Å². The Morgan fingerprint density at radius 3 is 2.45 bits per heavy atom. The summed E-state index contributed by atoms with van der Waals surface area (Å²) in [6, 6.07) is 10.6.